The van der Waals surface area contributed by atoms with Crippen molar-refractivity contribution in [2.24, 2.45) is 10.7 Å². The molecule has 4 N–H and O–H groups in total. The molecule has 5 aromatic heterocycles. The summed E-state index contributed by atoms with van der Waals surface area (Å²) in [4.78, 5) is 74.4. The number of piperazine rings is 2. The number of benzene rings is 3. The van der Waals surface area contributed by atoms with Gasteiger partial charge in [0.15, 0.2) is 5.82 Å². The van der Waals surface area contributed by atoms with Crippen molar-refractivity contribution in [2.75, 3.05) is 62.3 Å². The first kappa shape index (κ1) is 52.3. The summed E-state index contributed by atoms with van der Waals surface area (Å²) < 4.78 is 33.4. The van der Waals surface area contributed by atoms with Gasteiger partial charge in [0.05, 0.1) is 79.9 Å². The van der Waals surface area contributed by atoms with Gasteiger partial charge in [-0.05, 0) is 94.8 Å². The van der Waals surface area contributed by atoms with E-state index in [0.29, 0.717) is 63.1 Å². The van der Waals surface area contributed by atoms with Crippen LogP contribution >= 0.6 is 23.2 Å². The van der Waals surface area contributed by atoms with Crippen LogP contribution in [0.5, 0.6) is 11.5 Å². The average molecular weight is 1150 g/mol. The average Bonchev–Trinajstić information content (AvgIpc) is 4.05. The molecule has 22 heteroatoms. The van der Waals surface area contributed by atoms with Crippen molar-refractivity contribution in [3.63, 3.8) is 0 Å². The Balaban J connectivity index is 0.781. The lowest BCUT2D eigenvalue weighted by atomic mass is 9.92. The van der Waals surface area contributed by atoms with E-state index < -0.39 is 29.0 Å². The number of carbonyl (C=O) groups excluding carboxylic acids is 2. The van der Waals surface area contributed by atoms with Gasteiger partial charge in [-0.2, -0.15) is 10.2 Å². The van der Waals surface area contributed by atoms with Crippen LogP contribution in [0, 0.1) is 19.7 Å². The Labute approximate surface area is 479 Å². The summed E-state index contributed by atoms with van der Waals surface area (Å²) in [5.74, 6) is -0.353. The molecule has 0 spiro atoms. The molecule has 2 saturated carbocycles. The Kier molecular flexibility index (Phi) is 12.6. The highest BCUT2D eigenvalue weighted by atomic mass is 35.5. The number of hydrogen-bond acceptors (Lipinski definition) is 13. The molecule has 3 aromatic carbocycles. The predicted octanol–water partition coefficient (Wildman–Crippen LogP) is 8.13. The van der Waals surface area contributed by atoms with Crippen molar-refractivity contribution < 1.29 is 23.5 Å². The molecule has 4 unspecified atom stereocenters. The van der Waals surface area contributed by atoms with Gasteiger partial charge in [-0.1, -0.05) is 41.9 Å². The van der Waals surface area contributed by atoms with Crippen molar-refractivity contribution in [2.45, 2.75) is 102 Å². The maximum Gasteiger partial charge on any atom is 0.296 e. The quantitative estimate of drug-likeness (QED) is 0.0826. The summed E-state index contributed by atoms with van der Waals surface area (Å²) in [7, 11) is 0. The Hall–Kier alpha value is -7.81. The number of ether oxygens (including phenoxy) is 2. The maximum atomic E-state index is 17.8. The largest absolute Gasteiger partial charge is 0.484 e. The molecule has 4 atom stereocenters. The molecule has 422 valence electrons. The fourth-order valence-corrected chi connectivity index (χ4v) is 13.9. The first-order valence-electron chi connectivity index (χ1n) is 28.2. The number of amides is 2. The van der Waals surface area contributed by atoms with E-state index in [2.05, 4.69) is 31.8 Å². The standard InChI is InChI=1S/C60H60Cl2FN13O6/c1-6-42(77)73-24-34-26-82-57-55(76(34)22-30(73)4)37-20-39(62)52(45-29(3)8-14-41-48(45)51(70-68-41)33-11-12-33)66-58(37)72(60(57)80)18-16-65-21-43(78)74-25-35-27-81-56-54(75(35)23-31(74)5)36-19-38(61)46(49(63)53(36)71(17-15-64)59(56)79)44-28(2)7-13-40-47(44)50(69-67-40)32-9-10-32/h6-8,13-14,19-21,30-35H,1,9-12,15-18,22-27,64H2,2-5H3,(H,67,69)(H,68,70)/b65-21-. The zero-order valence-corrected chi connectivity index (χ0v) is 47.3. The zero-order valence-electron chi connectivity index (χ0n) is 45.8. The molecule has 0 radical (unpaired) electrons. The molecule has 6 aliphatic rings. The van der Waals surface area contributed by atoms with Crippen LogP contribution in [0.3, 0.4) is 0 Å². The summed E-state index contributed by atoms with van der Waals surface area (Å²) >= 11 is 14.6. The summed E-state index contributed by atoms with van der Waals surface area (Å²) in [5.41, 5.74) is 14.0. The first-order chi connectivity index (χ1) is 39.6. The predicted molar refractivity (Wildman–Crippen MR) is 316 cm³/mol. The number of halogens is 3. The number of anilines is 2. The van der Waals surface area contributed by atoms with Crippen LogP contribution in [0.15, 0.2) is 63.6 Å². The summed E-state index contributed by atoms with van der Waals surface area (Å²) in [6, 6.07) is 10.2. The number of rotatable bonds is 11. The lowest BCUT2D eigenvalue weighted by Crippen LogP contribution is -2.62. The lowest BCUT2D eigenvalue weighted by molar-refractivity contribution is -0.129. The summed E-state index contributed by atoms with van der Waals surface area (Å²) in [6.07, 6.45) is 6.66. The smallest absolute Gasteiger partial charge is 0.296 e. The molecule has 9 heterocycles. The highest BCUT2D eigenvalue weighted by Crippen LogP contribution is 2.51. The molecular formula is C60H60Cl2FN13O6. The fourth-order valence-electron chi connectivity index (χ4n) is 13.4. The van der Waals surface area contributed by atoms with Crippen LogP contribution in [0.1, 0.15) is 73.9 Å². The fraction of sp³-hybridized carbons (Fsp3) is 0.400. The number of pyridine rings is 3. The minimum absolute atomic E-state index is 0.0312. The van der Waals surface area contributed by atoms with Crippen molar-refractivity contribution in [3.8, 4) is 33.9 Å². The molecule has 8 aromatic rings. The van der Waals surface area contributed by atoms with Gasteiger partial charge in [0, 0.05) is 108 Å². The van der Waals surface area contributed by atoms with Gasteiger partial charge in [0.25, 0.3) is 17.0 Å². The van der Waals surface area contributed by atoms with E-state index in [4.69, 9.17) is 48.5 Å². The molecule has 0 bridgehead atoms. The van der Waals surface area contributed by atoms with Crippen LogP contribution in [0.25, 0.3) is 66.1 Å². The second-order valence-electron chi connectivity index (χ2n) is 23.0. The van der Waals surface area contributed by atoms with E-state index >= 15 is 4.39 Å². The minimum atomic E-state index is -0.641. The van der Waals surface area contributed by atoms with Gasteiger partial charge in [0.2, 0.25) is 17.4 Å². The van der Waals surface area contributed by atoms with E-state index in [1.807, 2.05) is 62.9 Å². The Morgan fingerprint density at radius 2 is 1.30 bits per heavy atom. The molecule has 19 nitrogen and oxygen atoms in total. The van der Waals surface area contributed by atoms with E-state index in [1.54, 1.807) is 20.4 Å². The van der Waals surface area contributed by atoms with Gasteiger partial charge in [-0.3, -0.25) is 38.9 Å². The molecule has 4 fully saturated rings. The van der Waals surface area contributed by atoms with Gasteiger partial charge in [-0.15, -0.1) is 0 Å². The van der Waals surface area contributed by atoms with E-state index in [9.17, 15) is 19.2 Å². The topological polar surface area (TPSA) is 218 Å². The third-order valence-corrected chi connectivity index (χ3v) is 18.3. The summed E-state index contributed by atoms with van der Waals surface area (Å²) in [5, 5.41) is 19.1. The van der Waals surface area contributed by atoms with E-state index in [1.165, 1.54) is 16.9 Å². The number of nitrogens with zero attached hydrogens (tertiary/aromatic N) is 10. The third kappa shape index (κ3) is 8.13. The number of aryl methyl sites for hydroxylation is 2. The molecule has 2 saturated heterocycles. The Bertz CT molecular complexity index is 4240. The minimum Gasteiger partial charge on any atom is -0.484 e. The molecule has 82 heavy (non-hydrogen) atoms. The molecular weight excluding hydrogens is 1090 g/mol. The molecule has 14 rings (SSSR count). The van der Waals surface area contributed by atoms with Gasteiger partial charge < -0.3 is 39.4 Å². The van der Waals surface area contributed by atoms with Crippen LogP contribution < -0.4 is 36.1 Å². The highest BCUT2D eigenvalue weighted by Gasteiger charge is 2.43. The van der Waals surface area contributed by atoms with Gasteiger partial charge in [-0.25, -0.2) is 9.37 Å². The number of aromatic nitrogens is 7. The number of carbonyl (C=O) groups is 2. The van der Waals surface area contributed by atoms with E-state index in [0.717, 1.165) is 75.6 Å². The number of aromatic amines is 2. The second-order valence-corrected chi connectivity index (χ2v) is 23.8. The Morgan fingerprint density at radius 1 is 0.756 bits per heavy atom. The second kappa shape index (κ2) is 19.7. The van der Waals surface area contributed by atoms with Crippen molar-refractivity contribution in [1.82, 2.24) is 44.3 Å². The van der Waals surface area contributed by atoms with Crippen molar-refractivity contribution in [3.05, 3.63) is 108 Å². The van der Waals surface area contributed by atoms with Gasteiger partial charge >= 0.3 is 0 Å². The number of nitrogens with one attached hydrogen (secondary N) is 2. The molecule has 4 aliphatic heterocycles. The zero-order chi connectivity index (χ0) is 56.7. The number of nitrogens with two attached hydrogens (primary N) is 1. The van der Waals surface area contributed by atoms with Gasteiger partial charge in [0.1, 0.15) is 18.9 Å². The van der Waals surface area contributed by atoms with Crippen molar-refractivity contribution >= 4 is 96.3 Å². The van der Waals surface area contributed by atoms with Crippen LogP contribution in [0.4, 0.5) is 15.8 Å². The number of fused-ring (bicyclic) bond motifs is 12. The number of H-pyrrole nitrogens is 2. The van der Waals surface area contributed by atoms with E-state index in [-0.39, 0.29) is 110 Å². The SMILES string of the molecule is C=CC(=O)N1CC2COc3c(c4cc(Cl)c(-c5c(C)ccc6[nH]nc(C7CC7)c56)nc4n(CC/N=C\C(=O)N4CC5COc6c(c7cc(Cl)c(-c8c(C)ccc9[nH]nc(C%10CC%10)c89)c(F)c7n(CCN)c6=O)N5CC4C)c3=O)N2CC1C. The highest BCUT2D eigenvalue weighted by molar-refractivity contribution is 6.35. The number of hydrogen-bond donors (Lipinski definition) is 3. The first-order valence-corrected chi connectivity index (χ1v) is 28.9. The monoisotopic (exact) mass is 1150 g/mol. The summed E-state index contributed by atoms with van der Waals surface area (Å²) in [6.45, 7) is 13.3. The van der Waals surface area contributed by atoms with Crippen LogP contribution in [-0.2, 0) is 22.7 Å². The van der Waals surface area contributed by atoms with Crippen molar-refractivity contribution in [1.29, 1.82) is 0 Å². The number of aliphatic imine (C=N–C) groups is 1. The third-order valence-electron chi connectivity index (χ3n) is 17.7. The maximum absolute atomic E-state index is 17.8. The van der Waals surface area contributed by atoms with Crippen LogP contribution in [0.2, 0.25) is 10.0 Å². The Morgan fingerprint density at radius 3 is 1.89 bits per heavy atom. The normalized spacial score (nSPS) is 20.6. The van der Waals surface area contributed by atoms with Crippen LogP contribution in [-0.4, -0.2) is 139 Å². The molecule has 2 amide bonds. The molecule has 2 aliphatic carbocycles. The lowest BCUT2D eigenvalue weighted by Gasteiger charge is -2.48.